The van der Waals surface area contributed by atoms with Gasteiger partial charge in [-0.25, -0.2) is 4.98 Å². The topological polar surface area (TPSA) is 77.6 Å². The number of aryl methyl sites for hydroxylation is 1. The molecule has 1 aromatic carbocycles. The van der Waals surface area contributed by atoms with Crippen LogP contribution in [0.2, 0.25) is 0 Å². The number of hydrogen-bond acceptors (Lipinski definition) is 4. The highest BCUT2D eigenvalue weighted by molar-refractivity contribution is 5.93. The lowest BCUT2D eigenvalue weighted by atomic mass is 10.1. The molecule has 1 amide bonds. The summed E-state index contributed by atoms with van der Waals surface area (Å²) < 4.78 is 3.58. The Hall–Kier alpha value is -3.74. The first-order valence-corrected chi connectivity index (χ1v) is 9.02. The van der Waals surface area contributed by atoms with E-state index in [1.165, 1.54) is 0 Å². The molecule has 0 fully saturated rings. The Balaban J connectivity index is 1.41. The van der Waals surface area contributed by atoms with Gasteiger partial charge in [0.25, 0.3) is 5.91 Å². The molecular formula is C21H20N6O. The van der Waals surface area contributed by atoms with Gasteiger partial charge in [-0.05, 0) is 18.2 Å². The smallest absolute Gasteiger partial charge is 0.269 e. The summed E-state index contributed by atoms with van der Waals surface area (Å²) in [7, 11) is 1.77. The van der Waals surface area contributed by atoms with Gasteiger partial charge in [0, 0.05) is 44.3 Å². The van der Waals surface area contributed by atoms with E-state index in [0.29, 0.717) is 18.8 Å². The first kappa shape index (κ1) is 17.7. The summed E-state index contributed by atoms with van der Waals surface area (Å²) >= 11 is 0. The first-order chi connectivity index (χ1) is 13.7. The Morgan fingerprint density at radius 2 is 1.82 bits per heavy atom. The molecule has 0 aliphatic heterocycles. The van der Waals surface area contributed by atoms with Gasteiger partial charge in [-0.2, -0.15) is 5.10 Å². The summed E-state index contributed by atoms with van der Waals surface area (Å²) in [5.41, 5.74) is 3.09. The lowest BCUT2D eigenvalue weighted by Crippen LogP contribution is -2.28. The van der Waals surface area contributed by atoms with Crippen molar-refractivity contribution in [3.63, 3.8) is 0 Å². The molecule has 0 atom stereocenters. The number of pyridine rings is 1. The van der Waals surface area contributed by atoms with Crippen LogP contribution in [0.3, 0.4) is 0 Å². The highest BCUT2D eigenvalue weighted by Gasteiger charge is 2.14. The van der Waals surface area contributed by atoms with E-state index in [2.05, 4.69) is 20.4 Å². The Labute approximate surface area is 162 Å². The second kappa shape index (κ2) is 7.87. The van der Waals surface area contributed by atoms with Gasteiger partial charge in [0.1, 0.15) is 11.4 Å². The molecule has 0 spiro atoms. The molecular weight excluding hydrogens is 352 g/mol. The summed E-state index contributed by atoms with van der Waals surface area (Å²) in [6, 6.07) is 17.3. The molecule has 3 heterocycles. The van der Waals surface area contributed by atoms with E-state index < -0.39 is 0 Å². The van der Waals surface area contributed by atoms with Crippen molar-refractivity contribution in [1.82, 2.24) is 29.6 Å². The molecule has 0 aliphatic rings. The zero-order valence-corrected chi connectivity index (χ0v) is 15.5. The predicted octanol–water partition coefficient (Wildman–Crippen LogP) is 2.78. The summed E-state index contributed by atoms with van der Waals surface area (Å²) in [6.45, 7) is 1.07. The number of benzene rings is 1. The largest absolute Gasteiger partial charge is 0.349 e. The second-order valence-electron chi connectivity index (χ2n) is 6.32. The van der Waals surface area contributed by atoms with E-state index in [1.54, 1.807) is 30.2 Å². The fourth-order valence-electron chi connectivity index (χ4n) is 3.03. The molecule has 4 aromatic rings. The normalized spacial score (nSPS) is 10.8. The minimum absolute atomic E-state index is 0.156. The molecule has 0 bridgehead atoms. The fourth-order valence-corrected chi connectivity index (χ4v) is 3.03. The van der Waals surface area contributed by atoms with Crippen molar-refractivity contribution >= 4 is 5.91 Å². The molecule has 4 rings (SSSR count). The number of nitrogens with zero attached hydrogens (tertiary/aromatic N) is 5. The molecule has 0 saturated carbocycles. The standard InChI is InChI=1S/C21H20N6O/c1-26-19(15-18(25-26)16-7-3-2-4-8-16)21(28)24-12-14-27-13-11-23-20(27)17-9-5-6-10-22-17/h2-11,13,15H,12,14H2,1H3,(H,24,28). The Morgan fingerprint density at radius 1 is 1.00 bits per heavy atom. The van der Waals surface area contributed by atoms with Crippen molar-refractivity contribution in [2.45, 2.75) is 6.54 Å². The average molecular weight is 372 g/mol. The molecule has 1 N–H and O–H groups in total. The van der Waals surface area contributed by atoms with Crippen molar-refractivity contribution in [1.29, 1.82) is 0 Å². The highest BCUT2D eigenvalue weighted by atomic mass is 16.2. The maximum atomic E-state index is 12.6. The Kier molecular flexibility index (Phi) is 4.97. The molecule has 0 saturated heterocycles. The quantitative estimate of drug-likeness (QED) is 0.565. The van der Waals surface area contributed by atoms with Gasteiger partial charge < -0.3 is 9.88 Å². The van der Waals surface area contributed by atoms with Gasteiger partial charge >= 0.3 is 0 Å². The zero-order chi connectivity index (χ0) is 19.3. The van der Waals surface area contributed by atoms with Crippen LogP contribution in [0, 0.1) is 0 Å². The van der Waals surface area contributed by atoms with Crippen LogP contribution in [0.5, 0.6) is 0 Å². The van der Waals surface area contributed by atoms with E-state index in [4.69, 9.17) is 0 Å². The van der Waals surface area contributed by atoms with Crippen LogP contribution in [0.1, 0.15) is 10.5 Å². The van der Waals surface area contributed by atoms with E-state index in [-0.39, 0.29) is 5.91 Å². The molecule has 3 aromatic heterocycles. The molecule has 28 heavy (non-hydrogen) atoms. The van der Waals surface area contributed by atoms with Gasteiger partial charge in [0.15, 0.2) is 5.82 Å². The maximum absolute atomic E-state index is 12.6. The summed E-state index contributed by atoms with van der Waals surface area (Å²) in [5.74, 6) is 0.624. The molecule has 0 unspecified atom stereocenters. The lowest BCUT2D eigenvalue weighted by Gasteiger charge is -2.09. The van der Waals surface area contributed by atoms with Crippen LogP contribution < -0.4 is 5.32 Å². The predicted molar refractivity (Wildman–Crippen MR) is 106 cm³/mol. The van der Waals surface area contributed by atoms with Crippen molar-refractivity contribution in [3.8, 4) is 22.8 Å². The van der Waals surface area contributed by atoms with Gasteiger partial charge in [0.2, 0.25) is 0 Å². The van der Waals surface area contributed by atoms with Gasteiger partial charge in [0.05, 0.1) is 5.69 Å². The lowest BCUT2D eigenvalue weighted by molar-refractivity contribution is 0.0943. The summed E-state index contributed by atoms with van der Waals surface area (Å²) in [6.07, 6.45) is 5.36. The molecule has 0 radical (unpaired) electrons. The van der Waals surface area contributed by atoms with Crippen LogP contribution in [0.4, 0.5) is 0 Å². The SMILES string of the molecule is Cn1nc(-c2ccccc2)cc1C(=O)NCCn1ccnc1-c1ccccn1. The first-order valence-electron chi connectivity index (χ1n) is 9.02. The number of amides is 1. The van der Waals surface area contributed by atoms with Crippen LogP contribution in [0.25, 0.3) is 22.8 Å². The third-order valence-electron chi connectivity index (χ3n) is 4.43. The fraction of sp³-hybridized carbons (Fsp3) is 0.143. The number of imidazole rings is 1. The molecule has 7 heteroatoms. The van der Waals surface area contributed by atoms with Crippen LogP contribution in [0.15, 0.2) is 73.2 Å². The van der Waals surface area contributed by atoms with E-state index in [9.17, 15) is 4.79 Å². The molecule has 140 valence electrons. The number of carbonyl (C=O) groups excluding carboxylic acids is 1. The van der Waals surface area contributed by atoms with Gasteiger partial charge in [-0.15, -0.1) is 0 Å². The van der Waals surface area contributed by atoms with Crippen LogP contribution in [-0.4, -0.2) is 36.8 Å². The Morgan fingerprint density at radius 3 is 2.61 bits per heavy atom. The van der Waals surface area contributed by atoms with Gasteiger partial charge in [-0.1, -0.05) is 36.4 Å². The number of nitrogens with one attached hydrogen (secondary N) is 1. The number of hydrogen-bond donors (Lipinski definition) is 1. The van der Waals surface area contributed by atoms with Crippen LogP contribution in [-0.2, 0) is 13.6 Å². The maximum Gasteiger partial charge on any atom is 0.269 e. The monoisotopic (exact) mass is 372 g/mol. The second-order valence-corrected chi connectivity index (χ2v) is 6.32. The average Bonchev–Trinajstić information content (AvgIpc) is 3.36. The van der Waals surface area contributed by atoms with Crippen molar-refractivity contribution in [2.75, 3.05) is 6.54 Å². The van der Waals surface area contributed by atoms with Crippen LogP contribution >= 0.6 is 0 Å². The van der Waals surface area contributed by atoms with Crippen molar-refractivity contribution in [2.24, 2.45) is 7.05 Å². The van der Waals surface area contributed by atoms with Crippen molar-refractivity contribution < 1.29 is 4.79 Å². The van der Waals surface area contributed by atoms with E-state index in [0.717, 1.165) is 22.8 Å². The number of aromatic nitrogens is 5. The number of carbonyl (C=O) groups is 1. The third kappa shape index (κ3) is 3.68. The van der Waals surface area contributed by atoms with E-state index in [1.807, 2.05) is 59.3 Å². The molecule has 7 nitrogen and oxygen atoms in total. The number of rotatable bonds is 6. The molecule has 0 aliphatic carbocycles. The minimum Gasteiger partial charge on any atom is -0.349 e. The van der Waals surface area contributed by atoms with Crippen molar-refractivity contribution in [3.05, 3.63) is 78.9 Å². The minimum atomic E-state index is -0.156. The summed E-state index contributed by atoms with van der Waals surface area (Å²) in [5, 5.41) is 7.40. The summed E-state index contributed by atoms with van der Waals surface area (Å²) in [4.78, 5) is 21.3. The van der Waals surface area contributed by atoms with Gasteiger partial charge in [-0.3, -0.25) is 14.5 Å². The zero-order valence-electron chi connectivity index (χ0n) is 15.5. The highest BCUT2D eigenvalue weighted by Crippen LogP contribution is 2.18. The third-order valence-corrected chi connectivity index (χ3v) is 4.43. The van der Waals surface area contributed by atoms with E-state index >= 15 is 0 Å². The Bertz CT molecular complexity index is 1070.